The summed E-state index contributed by atoms with van der Waals surface area (Å²) in [6.07, 6.45) is 4.57. The molecule has 0 aromatic heterocycles. The van der Waals surface area contributed by atoms with Crippen LogP contribution in [0.3, 0.4) is 0 Å². The Bertz CT molecular complexity index is 454. The van der Waals surface area contributed by atoms with Crippen molar-refractivity contribution in [3.8, 4) is 0 Å². The summed E-state index contributed by atoms with van der Waals surface area (Å²) >= 11 is 0. The van der Waals surface area contributed by atoms with Crippen LogP contribution in [-0.4, -0.2) is 12.5 Å². The first kappa shape index (κ1) is 13.2. The predicted molar refractivity (Wildman–Crippen MR) is 82.1 cm³/mol. The van der Waals surface area contributed by atoms with Crippen molar-refractivity contribution in [3.63, 3.8) is 0 Å². The number of rotatable bonds is 3. The Hall–Kier alpha value is -1.25. The highest BCUT2D eigenvalue weighted by Gasteiger charge is 2.35. The number of benzene rings is 2. The number of nitrogens with two attached hydrogens (primary N) is 1. The molecule has 0 bridgehead atoms. The molecule has 0 aliphatic rings. The maximum absolute atomic E-state index is 6.68. The molecule has 0 amide bonds. The van der Waals surface area contributed by atoms with E-state index in [1.807, 2.05) is 6.07 Å². The fraction of sp³-hybridized carbons (Fsp3) is 0.250. The van der Waals surface area contributed by atoms with Crippen LogP contribution in [0, 0.1) is 0 Å². The normalized spacial score (nSPS) is 16.0. The molecular formula is C16H21NS. The highest BCUT2D eigenvalue weighted by molar-refractivity contribution is 8.33. The Morgan fingerprint density at radius 1 is 0.833 bits per heavy atom. The topological polar surface area (TPSA) is 26.0 Å². The molecule has 1 nitrogen and oxygen atoms in total. The molecule has 1 unspecified atom stereocenters. The van der Waals surface area contributed by atoms with E-state index < -0.39 is 10.0 Å². The molecule has 0 saturated heterocycles. The fourth-order valence-electron chi connectivity index (χ4n) is 2.07. The van der Waals surface area contributed by atoms with E-state index in [2.05, 4.69) is 74.0 Å². The van der Waals surface area contributed by atoms with Gasteiger partial charge in [-0.2, -0.15) is 10.0 Å². The summed E-state index contributed by atoms with van der Waals surface area (Å²) in [7, 11) is -1.11. The van der Waals surface area contributed by atoms with Gasteiger partial charge in [0.2, 0.25) is 0 Å². The van der Waals surface area contributed by atoms with Gasteiger partial charge in [0.1, 0.15) is 0 Å². The van der Waals surface area contributed by atoms with E-state index in [-0.39, 0.29) is 4.87 Å². The third kappa shape index (κ3) is 2.18. The van der Waals surface area contributed by atoms with E-state index in [1.54, 1.807) is 0 Å². The van der Waals surface area contributed by atoms with Crippen molar-refractivity contribution in [1.82, 2.24) is 0 Å². The van der Waals surface area contributed by atoms with Gasteiger partial charge in [0, 0.05) is 0 Å². The molecule has 96 valence electrons. The molecule has 0 saturated carbocycles. The third-order valence-corrected chi connectivity index (χ3v) is 7.55. The van der Waals surface area contributed by atoms with Gasteiger partial charge in [-0.25, -0.2) is 0 Å². The zero-order chi connectivity index (χ0) is 13.2. The standard InChI is InChI=1S/C16H21NS/c1-16(17,14-10-6-4-7-11-14)18(2,3)15-12-8-5-9-13-15/h4-13H,17H2,1-3H3. The average Bonchev–Trinajstić information content (AvgIpc) is 2.40. The van der Waals surface area contributed by atoms with Crippen LogP contribution in [0.15, 0.2) is 65.6 Å². The molecule has 1 atom stereocenters. The van der Waals surface area contributed by atoms with Gasteiger partial charge in [-0.05, 0) is 29.9 Å². The molecule has 0 aliphatic carbocycles. The molecule has 2 aromatic rings. The maximum atomic E-state index is 6.68. The molecule has 0 radical (unpaired) electrons. The van der Waals surface area contributed by atoms with E-state index in [9.17, 15) is 0 Å². The maximum Gasteiger partial charge on any atom is 0.0727 e. The molecule has 18 heavy (non-hydrogen) atoms. The van der Waals surface area contributed by atoms with Gasteiger partial charge in [0.25, 0.3) is 0 Å². The number of hydrogen-bond acceptors (Lipinski definition) is 1. The molecule has 2 N–H and O–H groups in total. The van der Waals surface area contributed by atoms with Crippen molar-refractivity contribution in [2.45, 2.75) is 16.7 Å². The van der Waals surface area contributed by atoms with Crippen molar-refractivity contribution in [3.05, 3.63) is 66.2 Å². The Labute approximate surface area is 111 Å². The number of hydrogen-bond donors (Lipinski definition) is 1. The lowest BCUT2D eigenvalue weighted by atomic mass is 10.1. The van der Waals surface area contributed by atoms with E-state index in [1.165, 1.54) is 10.5 Å². The van der Waals surface area contributed by atoms with Gasteiger partial charge >= 0.3 is 0 Å². The van der Waals surface area contributed by atoms with Gasteiger partial charge in [0.15, 0.2) is 0 Å². The Kier molecular flexibility index (Phi) is 3.51. The Balaban J connectivity index is 2.47. The van der Waals surface area contributed by atoms with E-state index >= 15 is 0 Å². The zero-order valence-corrected chi connectivity index (χ0v) is 12.1. The summed E-state index contributed by atoms with van der Waals surface area (Å²) in [6, 6.07) is 21.0. The van der Waals surface area contributed by atoms with Crippen LogP contribution in [0.4, 0.5) is 0 Å². The second-order valence-corrected chi connectivity index (χ2v) is 9.09. The molecular weight excluding hydrogens is 238 g/mol. The van der Waals surface area contributed by atoms with E-state index in [4.69, 9.17) is 5.73 Å². The van der Waals surface area contributed by atoms with Crippen molar-refractivity contribution in [2.24, 2.45) is 5.73 Å². The van der Waals surface area contributed by atoms with Crippen molar-refractivity contribution < 1.29 is 0 Å². The largest absolute Gasteiger partial charge is 0.314 e. The van der Waals surface area contributed by atoms with Gasteiger partial charge < -0.3 is 5.73 Å². The van der Waals surface area contributed by atoms with Crippen LogP contribution in [0.25, 0.3) is 0 Å². The van der Waals surface area contributed by atoms with Gasteiger partial charge in [-0.15, -0.1) is 0 Å². The van der Waals surface area contributed by atoms with E-state index in [0.717, 1.165) is 0 Å². The van der Waals surface area contributed by atoms with Crippen LogP contribution in [0.2, 0.25) is 0 Å². The smallest absolute Gasteiger partial charge is 0.0727 e. The molecule has 0 heterocycles. The highest BCUT2D eigenvalue weighted by atomic mass is 32.3. The molecule has 2 aromatic carbocycles. The summed E-state index contributed by atoms with van der Waals surface area (Å²) in [5, 5.41) is 0. The zero-order valence-electron chi connectivity index (χ0n) is 11.3. The van der Waals surface area contributed by atoms with Crippen LogP contribution < -0.4 is 5.73 Å². The van der Waals surface area contributed by atoms with Gasteiger partial charge in [0.05, 0.1) is 4.87 Å². The molecule has 0 spiro atoms. The molecule has 0 fully saturated rings. The van der Waals surface area contributed by atoms with Crippen molar-refractivity contribution in [1.29, 1.82) is 0 Å². The summed E-state index contributed by atoms with van der Waals surface area (Å²) in [5.74, 6) is 0. The van der Waals surface area contributed by atoms with Crippen molar-refractivity contribution >= 4 is 10.0 Å². The minimum Gasteiger partial charge on any atom is -0.314 e. The van der Waals surface area contributed by atoms with Crippen LogP contribution in [-0.2, 0) is 4.87 Å². The first-order chi connectivity index (χ1) is 8.46. The SMILES string of the molecule is CC(N)(c1ccccc1)S(C)(C)c1ccccc1. The van der Waals surface area contributed by atoms with Gasteiger partial charge in [-0.3, -0.25) is 0 Å². The minimum absolute atomic E-state index is 0.324. The first-order valence-corrected chi connectivity index (χ1v) is 8.53. The van der Waals surface area contributed by atoms with Crippen LogP contribution in [0.1, 0.15) is 12.5 Å². The summed E-state index contributed by atoms with van der Waals surface area (Å²) in [4.78, 5) is 1.02. The monoisotopic (exact) mass is 259 g/mol. The highest BCUT2D eigenvalue weighted by Crippen LogP contribution is 2.61. The summed E-state index contributed by atoms with van der Waals surface area (Å²) in [6.45, 7) is 2.14. The van der Waals surface area contributed by atoms with E-state index in [0.29, 0.717) is 0 Å². The van der Waals surface area contributed by atoms with Crippen LogP contribution in [0.5, 0.6) is 0 Å². The Morgan fingerprint density at radius 2 is 1.28 bits per heavy atom. The first-order valence-electron chi connectivity index (χ1n) is 6.08. The summed E-state index contributed by atoms with van der Waals surface area (Å²) in [5.41, 5.74) is 7.89. The van der Waals surface area contributed by atoms with Gasteiger partial charge in [-0.1, -0.05) is 60.7 Å². The fourth-order valence-corrected chi connectivity index (χ4v) is 4.12. The average molecular weight is 259 g/mol. The minimum atomic E-state index is -1.11. The molecule has 2 heteroatoms. The lowest BCUT2D eigenvalue weighted by molar-refractivity contribution is 0.722. The molecule has 2 rings (SSSR count). The van der Waals surface area contributed by atoms with Crippen molar-refractivity contribution in [2.75, 3.05) is 12.5 Å². The lowest BCUT2D eigenvalue weighted by Crippen LogP contribution is -2.38. The quantitative estimate of drug-likeness (QED) is 0.887. The predicted octanol–water partition coefficient (Wildman–Crippen LogP) is 3.94. The second-order valence-electron chi connectivity index (χ2n) is 5.11. The van der Waals surface area contributed by atoms with Crippen LogP contribution >= 0.6 is 10.0 Å². The molecule has 0 aliphatic heterocycles. The lowest BCUT2D eigenvalue weighted by Gasteiger charge is -2.47. The Morgan fingerprint density at radius 3 is 1.78 bits per heavy atom. The second kappa shape index (κ2) is 4.79. The summed E-state index contributed by atoms with van der Waals surface area (Å²) < 4.78 is 0. The third-order valence-electron chi connectivity index (χ3n) is 3.74.